The van der Waals surface area contributed by atoms with Crippen molar-refractivity contribution in [1.82, 2.24) is 4.90 Å². The second kappa shape index (κ2) is 6.64. The van der Waals surface area contributed by atoms with E-state index < -0.39 is 0 Å². The van der Waals surface area contributed by atoms with Crippen LogP contribution in [-0.2, 0) is 0 Å². The lowest BCUT2D eigenvalue weighted by molar-refractivity contribution is 0.0759. The van der Waals surface area contributed by atoms with E-state index in [-0.39, 0.29) is 5.91 Å². The van der Waals surface area contributed by atoms with Gasteiger partial charge in [0.05, 0.1) is 14.2 Å². The van der Waals surface area contributed by atoms with Crippen molar-refractivity contribution in [3.8, 4) is 11.5 Å². The third kappa shape index (κ3) is 3.44. The van der Waals surface area contributed by atoms with Gasteiger partial charge in [-0.15, -0.1) is 0 Å². The van der Waals surface area contributed by atoms with Crippen molar-refractivity contribution in [3.05, 3.63) is 23.8 Å². The highest BCUT2D eigenvalue weighted by atomic mass is 16.5. The Morgan fingerprint density at radius 1 is 1.10 bits per heavy atom. The van der Waals surface area contributed by atoms with E-state index in [0.717, 1.165) is 25.9 Å². The number of hydrogen-bond acceptors (Lipinski definition) is 3. The van der Waals surface area contributed by atoms with Crippen LogP contribution in [0.2, 0.25) is 0 Å². The molecule has 1 aromatic rings. The summed E-state index contributed by atoms with van der Waals surface area (Å²) in [6.07, 6.45) is 3.35. The van der Waals surface area contributed by atoms with Crippen molar-refractivity contribution in [2.24, 2.45) is 5.92 Å². The first-order chi connectivity index (χ1) is 9.63. The zero-order valence-corrected chi connectivity index (χ0v) is 12.5. The third-order valence-corrected chi connectivity index (χ3v) is 3.90. The van der Waals surface area contributed by atoms with Gasteiger partial charge in [-0.3, -0.25) is 4.79 Å². The molecule has 1 heterocycles. The Labute approximate surface area is 120 Å². The number of amides is 1. The molecule has 1 unspecified atom stereocenters. The van der Waals surface area contributed by atoms with Crippen LogP contribution in [0.25, 0.3) is 0 Å². The maximum absolute atomic E-state index is 12.6. The number of benzene rings is 1. The molecule has 1 aromatic carbocycles. The van der Waals surface area contributed by atoms with E-state index in [4.69, 9.17) is 9.47 Å². The van der Waals surface area contributed by atoms with Gasteiger partial charge in [-0.1, -0.05) is 6.92 Å². The van der Waals surface area contributed by atoms with Crippen molar-refractivity contribution in [2.45, 2.75) is 26.2 Å². The van der Waals surface area contributed by atoms with Crippen molar-refractivity contribution in [1.29, 1.82) is 0 Å². The molecule has 0 radical (unpaired) electrons. The minimum absolute atomic E-state index is 0.0660. The second-order valence-corrected chi connectivity index (χ2v) is 5.43. The average Bonchev–Trinajstić information content (AvgIpc) is 2.70. The van der Waals surface area contributed by atoms with E-state index in [2.05, 4.69) is 6.92 Å². The number of ether oxygens (including phenoxy) is 2. The smallest absolute Gasteiger partial charge is 0.254 e. The zero-order chi connectivity index (χ0) is 14.5. The quantitative estimate of drug-likeness (QED) is 0.852. The summed E-state index contributed by atoms with van der Waals surface area (Å²) in [6.45, 7) is 3.92. The maximum Gasteiger partial charge on any atom is 0.254 e. The van der Waals surface area contributed by atoms with Crippen LogP contribution in [0.4, 0.5) is 0 Å². The number of hydrogen-bond donors (Lipinski definition) is 0. The zero-order valence-electron chi connectivity index (χ0n) is 12.5. The van der Waals surface area contributed by atoms with Gasteiger partial charge in [0, 0.05) is 24.7 Å². The molecule has 2 rings (SSSR count). The number of carbonyl (C=O) groups is 1. The van der Waals surface area contributed by atoms with E-state index >= 15 is 0 Å². The highest BCUT2D eigenvalue weighted by molar-refractivity contribution is 5.95. The van der Waals surface area contributed by atoms with Gasteiger partial charge in [0.25, 0.3) is 5.91 Å². The molecule has 0 aromatic heterocycles. The molecule has 0 N–H and O–H groups in total. The molecule has 0 bridgehead atoms. The minimum Gasteiger partial charge on any atom is -0.497 e. The van der Waals surface area contributed by atoms with E-state index in [0.29, 0.717) is 23.0 Å². The molecule has 0 spiro atoms. The Balaban J connectivity index is 2.19. The lowest BCUT2D eigenvalue weighted by Gasteiger charge is -2.21. The predicted octanol–water partition coefficient (Wildman–Crippen LogP) is 2.97. The number of nitrogens with zero attached hydrogens (tertiary/aromatic N) is 1. The molecule has 1 saturated heterocycles. The molecule has 4 heteroatoms. The molecule has 1 aliphatic heterocycles. The largest absolute Gasteiger partial charge is 0.497 e. The molecule has 1 fully saturated rings. The van der Waals surface area contributed by atoms with Gasteiger partial charge in [0.2, 0.25) is 0 Å². The monoisotopic (exact) mass is 277 g/mol. The topological polar surface area (TPSA) is 38.8 Å². The van der Waals surface area contributed by atoms with Crippen LogP contribution in [0.15, 0.2) is 18.2 Å². The Hall–Kier alpha value is -1.71. The number of methoxy groups -OCH3 is 2. The number of rotatable bonds is 3. The molecule has 20 heavy (non-hydrogen) atoms. The summed E-state index contributed by atoms with van der Waals surface area (Å²) in [5.74, 6) is 2.07. The molecular formula is C16H23NO3. The van der Waals surface area contributed by atoms with Gasteiger partial charge in [-0.05, 0) is 37.3 Å². The SMILES string of the molecule is COc1cc(OC)cc(C(=O)N2CCCC(C)CC2)c1. The lowest BCUT2D eigenvalue weighted by Crippen LogP contribution is -2.32. The van der Waals surface area contributed by atoms with Crippen molar-refractivity contribution in [2.75, 3.05) is 27.3 Å². The van der Waals surface area contributed by atoms with Crippen LogP contribution in [-0.4, -0.2) is 38.1 Å². The van der Waals surface area contributed by atoms with Crippen LogP contribution in [0.5, 0.6) is 11.5 Å². The van der Waals surface area contributed by atoms with E-state index in [1.807, 2.05) is 4.90 Å². The Bertz CT molecular complexity index is 451. The molecule has 1 amide bonds. The molecule has 4 nitrogen and oxygen atoms in total. The van der Waals surface area contributed by atoms with E-state index in [1.54, 1.807) is 32.4 Å². The second-order valence-electron chi connectivity index (χ2n) is 5.43. The summed E-state index contributed by atoms with van der Waals surface area (Å²) in [5.41, 5.74) is 0.635. The Morgan fingerprint density at radius 3 is 2.35 bits per heavy atom. The lowest BCUT2D eigenvalue weighted by atomic mass is 10.0. The summed E-state index contributed by atoms with van der Waals surface area (Å²) in [6, 6.07) is 5.33. The molecule has 0 aliphatic carbocycles. The normalized spacial score (nSPS) is 19.4. The molecule has 110 valence electrons. The number of carbonyl (C=O) groups excluding carboxylic acids is 1. The van der Waals surface area contributed by atoms with Gasteiger partial charge in [0.15, 0.2) is 0 Å². The van der Waals surface area contributed by atoms with Crippen molar-refractivity contribution >= 4 is 5.91 Å². The summed E-state index contributed by atoms with van der Waals surface area (Å²) in [7, 11) is 3.19. The van der Waals surface area contributed by atoms with E-state index in [1.165, 1.54) is 6.42 Å². The van der Waals surface area contributed by atoms with Gasteiger partial charge in [0.1, 0.15) is 11.5 Å². The van der Waals surface area contributed by atoms with Crippen molar-refractivity contribution in [3.63, 3.8) is 0 Å². The first-order valence-corrected chi connectivity index (χ1v) is 7.16. The average molecular weight is 277 g/mol. The Kier molecular flexibility index (Phi) is 4.88. The third-order valence-electron chi connectivity index (χ3n) is 3.90. The van der Waals surface area contributed by atoms with Crippen LogP contribution in [0.1, 0.15) is 36.5 Å². The fourth-order valence-electron chi connectivity index (χ4n) is 2.58. The number of likely N-dealkylation sites (tertiary alicyclic amines) is 1. The van der Waals surface area contributed by atoms with Gasteiger partial charge in [-0.25, -0.2) is 0 Å². The standard InChI is InChI=1S/C16H23NO3/c1-12-5-4-7-17(8-6-12)16(18)13-9-14(19-2)11-15(10-13)20-3/h9-12H,4-8H2,1-3H3. The van der Waals surface area contributed by atoms with Crippen LogP contribution < -0.4 is 9.47 Å². The molecule has 0 saturated carbocycles. The van der Waals surface area contributed by atoms with Crippen molar-refractivity contribution < 1.29 is 14.3 Å². The fourth-order valence-corrected chi connectivity index (χ4v) is 2.58. The summed E-state index contributed by atoms with van der Waals surface area (Å²) in [4.78, 5) is 14.6. The van der Waals surface area contributed by atoms with Gasteiger partial charge in [-0.2, -0.15) is 0 Å². The summed E-state index contributed by atoms with van der Waals surface area (Å²) < 4.78 is 10.5. The first kappa shape index (κ1) is 14.7. The van der Waals surface area contributed by atoms with E-state index in [9.17, 15) is 4.79 Å². The fraction of sp³-hybridized carbons (Fsp3) is 0.562. The minimum atomic E-state index is 0.0660. The van der Waals surface area contributed by atoms with Gasteiger partial charge < -0.3 is 14.4 Å². The molecule has 1 aliphatic rings. The van der Waals surface area contributed by atoms with Gasteiger partial charge >= 0.3 is 0 Å². The maximum atomic E-state index is 12.6. The summed E-state index contributed by atoms with van der Waals surface area (Å²) in [5, 5.41) is 0. The summed E-state index contributed by atoms with van der Waals surface area (Å²) >= 11 is 0. The highest BCUT2D eigenvalue weighted by Gasteiger charge is 2.20. The highest BCUT2D eigenvalue weighted by Crippen LogP contribution is 2.25. The Morgan fingerprint density at radius 2 is 1.75 bits per heavy atom. The van der Waals surface area contributed by atoms with Crippen LogP contribution in [0, 0.1) is 5.92 Å². The molecule has 1 atom stereocenters. The van der Waals surface area contributed by atoms with Crippen LogP contribution in [0.3, 0.4) is 0 Å². The first-order valence-electron chi connectivity index (χ1n) is 7.16. The van der Waals surface area contributed by atoms with Crippen LogP contribution >= 0.6 is 0 Å². The predicted molar refractivity (Wildman–Crippen MR) is 78.5 cm³/mol. The molecular weight excluding hydrogens is 254 g/mol.